The summed E-state index contributed by atoms with van der Waals surface area (Å²) in [5, 5.41) is 8.24. The summed E-state index contributed by atoms with van der Waals surface area (Å²) in [5.74, 6) is 0.844. The summed E-state index contributed by atoms with van der Waals surface area (Å²) < 4.78 is 1.65. The van der Waals surface area contributed by atoms with Crippen molar-refractivity contribution in [3.63, 3.8) is 0 Å². The maximum absolute atomic E-state index is 12.3. The van der Waals surface area contributed by atoms with Crippen molar-refractivity contribution >= 4 is 22.8 Å². The van der Waals surface area contributed by atoms with Crippen molar-refractivity contribution in [2.75, 3.05) is 18.0 Å². The van der Waals surface area contributed by atoms with Gasteiger partial charge in [0.25, 0.3) is 0 Å². The van der Waals surface area contributed by atoms with Crippen LogP contribution in [-0.4, -0.2) is 38.7 Å². The first-order valence-corrected chi connectivity index (χ1v) is 9.53. The molecule has 4 rings (SSSR count). The first kappa shape index (κ1) is 17.5. The van der Waals surface area contributed by atoms with Crippen molar-refractivity contribution in [3.8, 4) is 0 Å². The smallest absolute Gasteiger partial charge is 0.242 e. The number of carbonyl (C=O) groups is 1. The van der Waals surface area contributed by atoms with E-state index in [1.54, 1.807) is 17.2 Å². The van der Waals surface area contributed by atoms with Crippen LogP contribution in [0.2, 0.25) is 0 Å². The third kappa shape index (κ3) is 4.07. The molecule has 7 heteroatoms. The van der Waals surface area contributed by atoms with E-state index in [9.17, 15) is 4.79 Å². The quantitative estimate of drug-likeness (QED) is 0.753. The van der Waals surface area contributed by atoms with E-state index in [0.717, 1.165) is 29.9 Å². The molecule has 0 aliphatic carbocycles. The van der Waals surface area contributed by atoms with E-state index in [2.05, 4.69) is 25.3 Å². The van der Waals surface area contributed by atoms with Gasteiger partial charge in [0.15, 0.2) is 5.65 Å². The highest BCUT2D eigenvalue weighted by atomic mass is 16.2. The Hall–Kier alpha value is -2.96. The summed E-state index contributed by atoms with van der Waals surface area (Å²) in [7, 11) is 0. The highest BCUT2D eigenvalue weighted by Crippen LogP contribution is 2.25. The first-order valence-electron chi connectivity index (χ1n) is 9.53. The molecule has 0 radical (unpaired) electrons. The van der Waals surface area contributed by atoms with E-state index in [-0.39, 0.29) is 12.5 Å². The number of amides is 1. The van der Waals surface area contributed by atoms with Gasteiger partial charge >= 0.3 is 0 Å². The number of fused-ring (bicyclic) bond motifs is 1. The molecule has 3 aromatic rings. The summed E-state index contributed by atoms with van der Waals surface area (Å²) in [6.45, 7) is 2.67. The van der Waals surface area contributed by atoms with Crippen molar-refractivity contribution in [1.82, 2.24) is 25.1 Å². The predicted octanol–water partition coefficient (Wildman–Crippen LogP) is 2.52. The maximum atomic E-state index is 12.3. The third-order valence-electron chi connectivity index (χ3n) is 4.94. The van der Waals surface area contributed by atoms with Gasteiger partial charge in [-0.3, -0.25) is 4.79 Å². The summed E-state index contributed by atoms with van der Waals surface area (Å²) >= 11 is 0. The van der Waals surface area contributed by atoms with Gasteiger partial charge in [0.1, 0.15) is 18.7 Å². The largest absolute Gasteiger partial charge is 0.356 e. The molecular formula is C20H24N6O. The molecule has 1 fully saturated rings. The molecule has 1 amide bonds. The van der Waals surface area contributed by atoms with Crippen LogP contribution >= 0.6 is 0 Å². The number of hydrogen-bond acceptors (Lipinski definition) is 5. The van der Waals surface area contributed by atoms with Crippen LogP contribution in [-0.2, 0) is 17.9 Å². The van der Waals surface area contributed by atoms with Crippen LogP contribution in [0.15, 0.2) is 42.9 Å². The Bertz CT molecular complexity index is 899. The molecule has 3 heterocycles. The van der Waals surface area contributed by atoms with Gasteiger partial charge in [-0.25, -0.2) is 14.6 Å². The molecule has 2 aromatic heterocycles. The van der Waals surface area contributed by atoms with Gasteiger partial charge in [-0.1, -0.05) is 43.2 Å². The lowest BCUT2D eigenvalue weighted by Gasteiger charge is -2.21. The average molecular weight is 364 g/mol. The second kappa shape index (κ2) is 8.16. The number of nitrogens with one attached hydrogen (secondary N) is 1. The lowest BCUT2D eigenvalue weighted by atomic mass is 10.2. The van der Waals surface area contributed by atoms with Gasteiger partial charge in [-0.05, 0) is 18.4 Å². The molecule has 27 heavy (non-hydrogen) atoms. The average Bonchev–Trinajstić information content (AvgIpc) is 2.92. The Morgan fingerprint density at radius 1 is 1.04 bits per heavy atom. The van der Waals surface area contributed by atoms with E-state index in [4.69, 9.17) is 0 Å². The van der Waals surface area contributed by atoms with Crippen molar-refractivity contribution < 1.29 is 4.79 Å². The van der Waals surface area contributed by atoms with E-state index in [1.165, 1.54) is 25.7 Å². The van der Waals surface area contributed by atoms with Gasteiger partial charge in [-0.2, -0.15) is 5.10 Å². The number of hydrogen-bond donors (Lipinski definition) is 1. The van der Waals surface area contributed by atoms with Gasteiger partial charge in [-0.15, -0.1) is 0 Å². The second-order valence-electron chi connectivity index (χ2n) is 6.90. The lowest BCUT2D eigenvalue weighted by molar-refractivity contribution is -0.121. The Morgan fingerprint density at radius 3 is 2.59 bits per heavy atom. The minimum atomic E-state index is -0.0845. The molecule has 140 valence electrons. The van der Waals surface area contributed by atoms with E-state index in [0.29, 0.717) is 12.2 Å². The molecule has 0 spiro atoms. The number of carbonyl (C=O) groups excluding carboxylic acids is 1. The van der Waals surface area contributed by atoms with Crippen LogP contribution in [0, 0.1) is 0 Å². The normalized spacial score (nSPS) is 14.9. The van der Waals surface area contributed by atoms with E-state index < -0.39 is 0 Å². The van der Waals surface area contributed by atoms with Crippen LogP contribution < -0.4 is 10.2 Å². The molecular weight excluding hydrogens is 340 g/mol. The zero-order valence-corrected chi connectivity index (χ0v) is 15.3. The minimum absolute atomic E-state index is 0.0845. The van der Waals surface area contributed by atoms with Crippen LogP contribution in [0.4, 0.5) is 5.82 Å². The zero-order chi connectivity index (χ0) is 18.5. The topological polar surface area (TPSA) is 75.9 Å². The summed E-state index contributed by atoms with van der Waals surface area (Å²) in [5.41, 5.74) is 1.78. The molecule has 0 saturated carbocycles. The lowest BCUT2D eigenvalue weighted by Crippen LogP contribution is -2.27. The molecule has 1 N–H and O–H groups in total. The molecule has 0 atom stereocenters. The molecule has 1 aliphatic heterocycles. The van der Waals surface area contributed by atoms with Crippen molar-refractivity contribution in [2.45, 2.75) is 38.8 Å². The van der Waals surface area contributed by atoms with E-state index >= 15 is 0 Å². The van der Waals surface area contributed by atoms with Gasteiger partial charge in [0.05, 0.1) is 11.6 Å². The molecule has 7 nitrogen and oxygen atoms in total. The third-order valence-corrected chi connectivity index (χ3v) is 4.94. The Kier molecular flexibility index (Phi) is 5.27. The predicted molar refractivity (Wildman–Crippen MR) is 104 cm³/mol. The number of nitrogens with zero attached hydrogens (tertiary/aromatic N) is 5. The maximum Gasteiger partial charge on any atom is 0.242 e. The fourth-order valence-electron chi connectivity index (χ4n) is 3.52. The van der Waals surface area contributed by atoms with Gasteiger partial charge in [0, 0.05) is 19.6 Å². The van der Waals surface area contributed by atoms with Gasteiger partial charge in [0.2, 0.25) is 5.91 Å². The highest BCUT2D eigenvalue weighted by Gasteiger charge is 2.17. The molecule has 0 bridgehead atoms. The number of rotatable bonds is 5. The molecule has 1 aromatic carbocycles. The standard InChI is InChI=1S/C20H24N6O/c27-18(21-12-16-8-4-3-5-9-16)14-26-20-17(13-24-26)19(22-15-23-20)25-10-6-1-2-7-11-25/h3-5,8-9,13,15H,1-2,6-7,10-12,14H2,(H,21,27). The Balaban J connectivity index is 1.48. The molecule has 1 aliphatic rings. The van der Waals surface area contributed by atoms with Crippen LogP contribution in [0.3, 0.4) is 0 Å². The van der Waals surface area contributed by atoms with Crippen molar-refractivity contribution in [2.24, 2.45) is 0 Å². The summed E-state index contributed by atoms with van der Waals surface area (Å²) in [6, 6.07) is 9.87. The second-order valence-corrected chi connectivity index (χ2v) is 6.90. The summed E-state index contributed by atoms with van der Waals surface area (Å²) in [4.78, 5) is 23.5. The van der Waals surface area contributed by atoms with Crippen molar-refractivity contribution in [3.05, 3.63) is 48.4 Å². The first-order chi connectivity index (χ1) is 13.3. The summed E-state index contributed by atoms with van der Waals surface area (Å²) in [6.07, 6.45) is 8.25. The van der Waals surface area contributed by atoms with Gasteiger partial charge < -0.3 is 10.2 Å². The molecule has 0 unspecified atom stereocenters. The van der Waals surface area contributed by atoms with Crippen LogP contribution in [0.1, 0.15) is 31.2 Å². The Morgan fingerprint density at radius 2 is 1.81 bits per heavy atom. The fraction of sp³-hybridized carbons (Fsp3) is 0.400. The Labute approximate surface area is 158 Å². The monoisotopic (exact) mass is 364 g/mol. The van der Waals surface area contributed by atoms with Crippen LogP contribution in [0.5, 0.6) is 0 Å². The highest BCUT2D eigenvalue weighted by molar-refractivity contribution is 5.87. The molecule has 1 saturated heterocycles. The zero-order valence-electron chi connectivity index (χ0n) is 15.3. The SMILES string of the molecule is O=C(Cn1ncc2c(N3CCCCCC3)ncnc21)NCc1ccccc1. The number of aromatic nitrogens is 4. The van der Waals surface area contributed by atoms with E-state index in [1.807, 2.05) is 30.3 Å². The fourth-order valence-corrected chi connectivity index (χ4v) is 3.52. The number of anilines is 1. The van der Waals surface area contributed by atoms with Crippen molar-refractivity contribution in [1.29, 1.82) is 0 Å². The minimum Gasteiger partial charge on any atom is -0.356 e. The van der Waals surface area contributed by atoms with Crippen LogP contribution in [0.25, 0.3) is 11.0 Å². The number of benzene rings is 1.